The van der Waals surface area contributed by atoms with Gasteiger partial charge in [-0.15, -0.1) is 0 Å². The first-order chi connectivity index (χ1) is 9.88. The van der Waals surface area contributed by atoms with E-state index in [9.17, 15) is 0 Å². The zero-order chi connectivity index (χ0) is 13.8. The number of hydrogen-bond acceptors (Lipinski definition) is 4. The summed E-state index contributed by atoms with van der Waals surface area (Å²) in [7, 11) is 1.70. The topological polar surface area (TPSA) is 37.4 Å². The molecule has 3 rings (SSSR count). The van der Waals surface area contributed by atoms with E-state index < -0.39 is 0 Å². The molecule has 0 aliphatic carbocycles. The lowest BCUT2D eigenvalue weighted by atomic mass is 10.1. The molecule has 20 heavy (non-hydrogen) atoms. The van der Waals surface area contributed by atoms with E-state index in [2.05, 4.69) is 27.3 Å². The zero-order valence-corrected chi connectivity index (χ0v) is 11.7. The molecule has 1 aliphatic heterocycles. The van der Waals surface area contributed by atoms with Gasteiger partial charge in [0.1, 0.15) is 5.75 Å². The van der Waals surface area contributed by atoms with E-state index >= 15 is 0 Å². The summed E-state index contributed by atoms with van der Waals surface area (Å²) in [4.78, 5) is 6.76. The molecule has 1 aromatic heterocycles. The first-order valence-electron chi connectivity index (χ1n) is 6.92. The number of para-hydroxylation sites is 1. The third-order valence-corrected chi connectivity index (χ3v) is 3.62. The summed E-state index contributed by atoms with van der Waals surface area (Å²) in [6.45, 7) is 4.10. The predicted molar refractivity (Wildman–Crippen MR) is 81.3 cm³/mol. The summed E-state index contributed by atoms with van der Waals surface area (Å²) in [5.74, 6) is 0.881. The number of piperazine rings is 1. The largest absolute Gasteiger partial charge is 0.496 e. The normalized spacial score (nSPS) is 15.2. The third kappa shape index (κ3) is 2.60. The lowest BCUT2D eigenvalue weighted by Crippen LogP contribution is -2.43. The Labute approximate surface area is 119 Å². The van der Waals surface area contributed by atoms with Gasteiger partial charge in [-0.3, -0.25) is 4.98 Å². The molecule has 0 saturated carbocycles. The second-order valence-corrected chi connectivity index (χ2v) is 4.87. The van der Waals surface area contributed by atoms with Gasteiger partial charge >= 0.3 is 0 Å². The van der Waals surface area contributed by atoms with Crippen molar-refractivity contribution >= 4 is 5.69 Å². The highest BCUT2D eigenvalue weighted by Crippen LogP contribution is 2.31. The first kappa shape index (κ1) is 12.9. The van der Waals surface area contributed by atoms with Crippen LogP contribution in [0.2, 0.25) is 0 Å². The number of aromatic nitrogens is 1. The van der Waals surface area contributed by atoms with Crippen LogP contribution < -0.4 is 15.0 Å². The van der Waals surface area contributed by atoms with E-state index in [0.717, 1.165) is 43.1 Å². The van der Waals surface area contributed by atoms with E-state index in [4.69, 9.17) is 4.74 Å². The molecule has 0 spiro atoms. The summed E-state index contributed by atoms with van der Waals surface area (Å²) in [5, 5.41) is 3.37. The molecule has 0 unspecified atom stereocenters. The minimum atomic E-state index is 0.881. The molecule has 0 bridgehead atoms. The maximum Gasteiger partial charge on any atom is 0.126 e. The third-order valence-electron chi connectivity index (χ3n) is 3.62. The van der Waals surface area contributed by atoms with E-state index in [1.807, 2.05) is 30.6 Å². The van der Waals surface area contributed by atoms with Crippen LogP contribution in [-0.2, 0) is 0 Å². The van der Waals surface area contributed by atoms with Crippen molar-refractivity contribution in [3.63, 3.8) is 0 Å². The predicted octanol–water partition coefficient (Wildman–Crippen LogP) is 2.17. The highest BCUT2D eigenvalue weighted by Gasteiger charge is 2.12. The molecule has 1 saturated heterocycles. The fourth-order valence-electron chi connectivity index (χ4n) is 2.55. The first-order valence-corrected chi connectivity index (χ1v) is 6.92. The average Bonchev–Trinajstić information content (AvgIpc) is 2.56. The summed E-state index contributed by atoms with van der Waals surface area (Å²) >= 11 is 0. The van der Waals surface area contributed by atoms with Gasteiger partial charge < -0.3 is 15.0 Å². The molecular weight excluding hydrogens is 250 g/mol. The number of ether oxygens (including phenoxy) is 1. The lowest BCUT2D eigenvalue weighted by molar-refractivity contribution is 0.416. The molecule has 4 heteroatoms. The van der Waals surface area contributed by atoms with Crippen LogP contribution in [0.5, 0.6) is 5.75 Å². The number of hydrogen-bond donors (Lipinski definition) is 1. The molecule has 1 N–H and O–H groups in total. The standard InChI is InChI=1S/C16H19N3O/c1-20-16-5-3-2-4-15(16)13-10-14(12-18-11-13)19-8-6-17-7-9-19/h2-5,10-12,17H,6-9H2,1H3. The Balaban J connectivity index is 1.94. The fraction of sp³-hybridized carbons (Fsp3) is 0.312. The molecule has 0 atom stereocenters. The lowest BCUT2D eigenvalue weighted by Gasteiger charge is -2.29. The number of nitrogens with zero attached hydrogens (tertiary/aromatic N) is 2. The molecule has 1 aliphatic rings. The van der Waals surface area contributed by atoms with Crippen molar-refractivity contribution in [2.75, 3.05) is 38.2 Å². The Kier molecular flexibility index (Phi) is 3.83. The van der Waals surface area contributed by atoms with Gasteiger partial charge in [-0.25, -0.2) is 0 Å². The van der Waals surface area contributed by atoms with Crippen LogP contribution in [0, 0.1) is 0 Å². The number of rotatable bonds is 3. The smallest absolute Gasteiger partial charge is 0.126 e. The molecule has 104 valence electrons. The van der Waals surface area contributed by atoms with Crippen LogP contribution in [0.4, 0.5) is 5.69 Å². The van der Waals surface area contributed by atoms with Gasteiger partial charge in [-0.2, -0.15) is 0 Å². The van der Waals surface area contributed by atoms with Crippen molar-refractivity contribution in [3.8, 4) is 16.9 Å². The highest BCUT2D eigenvalue weighted by molar-refractivity contribution is 5.72. The second kappa shape index (κ2) is 5.92. The number of methoxy groups -OCH3 is 1. The molecule has 1 fully saturated rings. The Morgan fingerprint density at radius 1 is 1.15 bits per heavy atom. The van der Waals surface area contributed by atoms with Crippen LogP contribution in [0.25, 0.3) is 11.1 Å². The van der Waals surface area contributed by atoms with Crippen LogP contribution in [-0.4, -0.2) is 38.3 Å². The maximum absolute atomic E-state index is 5.43. The van der Waals surface area contributed by atoms with Gasteiger partial charge in [0, 0.05) is 43.5 Å². The molecule has 0 amide bonds. The number of benzene rings is 1. The van der Waals surface area contributed by atoms with E-state index in [1.165, 1.54) is 5.69 Å². The van der Waals surface area contributed by atoms with Crippen molar-refractivity contribution in [1.82, 2.24) is 10.3 Å². The zero-order valence-electron chi connectivity index (χ0n) is 11.7. The van der Waals surface area contributed by atoms with Gasteiger partial charge in [0.05, 0.1) is 19.0 Å². The maximum atomic E-state index is 5.43. The van der Waals surface area contributed by atoms with Crippen LogP contribution in [0.3, 0.4) is 0 Å². The van der Waals surface area contributed by atoms with Crippen molar-refractivity contribution in [2.24, 2.45) is 0 Å². The van der Waals surface area contributed by atoms with E-state index in [-0.39, 0.29) is 0 Å². The Morgan fingerprint density at radius 2 is 1.95 bits per heavy atom. The number of nitrogens with one attached hydrogen (secondary N) is 1. The molecule has 4 nitrogen and oxygen atoms in total. The Morgan fingerprint density at radius 3 is 2.75 bits per heavy atom. The Hall–Kier alpha value is -2.07. The minimum Gasteiger partial charge on any atom is -0.496 e. The van der Waals surface area contributed by atoms with Crippen molar-refractivity contribution < 1.29 is 4.74 Å². The molecule has 1 aromatic carbocycles. The van der Waals surface area contributed by atoms with E-state index in [1.54, 1.807) is 7.11 Å². The monoisotopic (exact) mass is 269 g/mol. The minimum absolute atomic E-state index is 0.881. The highest BCUT2D eigenvalue weighted by atomic mass is 16.5. The van der Waals surface area contributed by atoms with Gasteiger partial charge in [-0.05, 0) is 12.1 Å². The average molecular weight is 269 g/mol. The van der Waals surface area contributed by atoms with Gasteiger partial charge in [0.2, 0.25) is 0 Å². The van der Waals surface area contributed by atoms with Gasteiger partial charge in [-0.1, -0.05) is 18.2 Å². The fourth-order valence-corrected chi connectivity index (χ4v) is 2.55. The number of pyridine rings is 1. The molecular formula is C16H19N3O. The number of anilines is 1. The van der Waals surface area contributed by atoms with Gasteiger partial charge in [0.25, 0.3) is 0 Å². The van der Waals surface area contributed by atoms with E-state index in [0.29, 0.717) is 0 Å². The van der Waals surface area contributed by atoms with Crippen LogP contribution >= 0.6 is 0 Å². The summed E-state index contributed by atoms with van der Waals surface area (Å²) < 4.78 is 5.43. The van der Waals surface area contributed by atoms with Crippen molar-refractivity contribution in [1.29, 1.82) is 0 Å². The summed E-state index contributed by atoms with van der Waals surface area (Å²) in [6.07, 6.45) is 3.83. The van der Waals surface area contributed by atoms with Crippen molar-refractivity contribution in [3.05, 3.63) is 42.7 Å². The SMILES string of the molecule is COc1ccccc1-c1cncc(N2CCNCC2)c1. The van der Waals surface area contributed by atoms with Gasteiger partial charge in [0.15, 0.2) is 0 Å². The Bertz CT molecular complexity index is 579. The molecule has 0 radical (unpaired) electrons. The summed E-state index contributed by atoms with van der Waals surface area (Å²) in [6, 6.07) is 10.2. The van der Waals surface area contributed by atoms with Crippen LogP contribution in [0.15, 0.2) is 42.7 Å². The van der Waals surface area contributed by atoms with Crippen molar-refractivity contribution in [2.45, 2.75) is 0 Å². The second-order valence-electron chi connectivity index (χ2n) is 4.87. The molecule has 2 aromatic rings. The quantitative estimate of drug-likeness (QED) is 0.926. The summed E-state index contributed by atoms with van der Waals surface area (Å²) in [5.41, 5.74) is 3.35. The van der Waals surface area contributed by atoms with Crippen LogP contribution in [0.1, 0.15) is 0 Å². The molecule has 2 heterocycles.